The molecule has 0 N–H and O–H groups in total. The fourth-order valence-corrected chi connectivity index (χ4v) is 3.41. The van der Waals surface area contributed by atoms with Crippen molar-refractivity contribution in [3.63, 3.8) is 0 Å². The minimum Gasteiger partial charge on any atom is -0.460 e. The second-order valence-electron chi connectivity index (χ2n) is 6.12. The minimum absolute atomic E-state index is 0.0825. The van der Waals surface area contributed by atoms with Crippen molar-refractivity contribution in [3.8, 4) is 0 Å². The Hall–Kier alpha value is -3.33. The number of ether oxygens (including phenoxy) is 1. The highest BCUT2D eigenvalue weighted by atomic mass is 32.2. The molecule has 7 nitrogen and oxygen atoms in total. The molecule has 0 fully saturated rings. The maximum Gasteiger partial charge on any atom is 0.316 e. The molecule has 0 radical (unpaired) electrons. The van der Waals surface area contributed by atoms with Gasteiger partial charge in [0.05, 0.1) is 12.3 Å². The van der Waals surface area contributed by atoms with Gasteiger partial charge in [0, 0.05) is 5.56 Å². The first-order chi connectivity index (χ1) is 14.2. The van der Waals surface area contributed by atoms with Crippen molar-refractivity contribution in [1.82, 2.24) is 25.0 Å². The maximum atomic E-state index is 13.9. The van der Waals surface area contributed by atoms with E-state index in [0.29, 0.717) is 21.8 Å². The summed E-state index contributed by atoms with van der Waals surface area (Å²) in [5.41, 5.74) is 2.34. The van der Waals surface area contributed by atoms with Crippen LogP contribution < -0.4 is 0 Å². The number of benzene rings is 2. The van der Waals surface area contributed by atoms with E-state index < -0.39 is 0 Å². The molecule has 2 aromatic carbocycles. The molecule has 2 heterocycles. The van der Waals surface area contributed by atoms with Crippen LogP contribution in [0.5, 0.6) is 0 Å². The molecule has 0 atom stereocenters. The molecule has 0 spiro atoms. The Morgan fingerprint density at radius 2 is 1.86 bits per heavy atom. The van der Waals surface area contributed by atoms with Crippen LogP contribution in [0.4, 0.5) is 4.39 Å². The largest absolute Gasteiger partial charge is 0.460 e. The highest BCUT2D eigenvalue weighted by molar-refractivity contribution is 8.00. The number of nitrogens with zero attached hydrogens (tertiary/aromatic N) is 5. The zero-order chi connectivity index (χ0) is 20.1. The van der Waals surface area contributed by atoms with Crippen LogP contribution >= 0.6 is 11.8 Å². The van der Waals surface area contributed by atoms with Gasteiger partial charge in [-0.15, -0.1) is 5.10 Å². The Morgan fingerprint density at radius 3 is 2.69 bits per heavy atom. The van der Waals surface area contributed by atoms with E-state index in [1.807, 2.05) is 30.3 Å². The Kier molecular flexibility index (Phi) is 5.76. The third kappa shape index (κ3) is 4.57. The van der Waals surface area contributed by atoms with Crippen molar-refractivity contribution in [2.45, 2.75) is 18.2 Å². The molecule has 0 saturated heterocycles. The molecule has 0 bridgehead atoms. The van der Waals surface area contributed by atoms with Crippen LogP contribution in [0.3, 0.4) is 0 Å². The summed E-state index contributed by atoms with van der Waals surface area (Å²) < 4.78 is 20.7. The lowest BCUT2D eigenvalue weighted by atomic mass is 10.2. The lowest BCUT2D eigenvalue weighted by Crippen LogP contribution is -2.07. The number of halogens is 1. The van der Waals surface area contributed by atoms with Crippen molar-refractivity contribution in [1.29, 1.82) is 0 Å². The van der Waals surface area contributed by atoms with E-state index >= 15 is 0 Å². The van der Waals surface area contributed by atoms with Gasteiger partial charge in [0.1, 0.15) is 23.8 Å². The molecule has 29 heavy (non-hydrogen) atoms. The summed E-state index contributed by atoms with van der Waals surface area (Å²) in [7, 11) is 0. The maximum absolute atomic E-state index is 13.9. The number of aromatic nitrogens is 5. The molecule has 0 aliphatic heterocycles. The number of hydrogen-bond donors (Lipinski definition) is 0. The van der Waals surface area contributed by atoms with Gasteiger partial charge in [-0.2, -0.15) is 0 Å². The van der Waals surface area contributed by atoms with Gasteiger partial charge in [0.15, 0.2) is 11.2 Å². The summed E-state index contributed by atoms with van der Waals surface area (Å²) in [6.07, 6.45) is 1.38. The van der Waals surface area contributed by atoms with Crippen molar-refractivity contribution in [2.75, 3.05) is 5.75 Å². The molecule has 0 aliphatic rings. The molecule has 0 unspecified atom stereocenters. The molecule has 146 valence electrons. The first-order valence-corrected chi connectivity index (χ1v) is 9.79. The van der Waals surface area contributed by atoms with Crippen molar-refractivity contribution in [3.05, 3.63) is 77.9 Å². The van der Waals surface area contributed by atoms with Crippen molar-refractivity contribution in [2.24, 2.45) is 0 Å². The Labute approximate surface area is 169 Å². The number of fused-ring (bicyclic) bond motifs is 1. The zero-order valence-corrected chi connectivity index (χ0v) is 16.1. The van der Waals surface area contributed by atoms with Gasteiger partial charge in [0.2, 0.25) is 0 Å². The third-order valence-electron chi connectivity index (χ3n) is 4.11. The van der Waals surface area contributed by atoms with E-state index in [4.69, 9.17) is 4.74 Å². The second-order valence-corrected chi connectivity index (χ2v) is 7.09. The molecular formula is C20H16FN5O2S. The van der Waals surface area contributed by atoms with Gasteiger partial charge < -0.3 is 4.74 Å². The topological polar surface area (TPSA) is 82.8 Å². The zero-order valence-electron chi connectivity index (χ0n) is 15.2. The van der Waals surface area contributed by atoms with Gasteiger partial charge >= 0.3 is 5.97 Å². The SMILES string of the molecule is O=C(CSc1ncnc2c1nnn2Cc1ccccc1F)OCc1ccccc1. The van der Waals surface area contributed by atoms with Gasteiger partial charge in [-0.1, -0.05) is 65.5 Å². The number of esters is 1. The molecule has 2 aromatic heterocycles. The number of carbonyl (C=O) groups is 1. The summed E-state index contributed by atoms with van der Waals surface area (Å²) in [5.74, 6) is -0.593. The molecule has 4 rings (SSSR count). The molecule has 0 aliphatic carbocycles. The summed E-state index contributed by atoms with van der Waals surface area (Å²) >= 11 is 1.20. The summed E-state index contributed by atoms with van der Waals surface area (Å²) in [4.78, 5) is 20.4. The highest BCUT2D eigenvalue weighted by Gasteiger charge is 2.15. The predicted octanol–water partition coefficient (Wildman–Crippen LogP) is 3.24. The summed E-state index contributed by atoms with van der Waals surface area (Å²) in [5, 5.41) is 8.69. The fourth-order valence-electron chi connectivity index (χ4n) is 2.68. The van der Waals surface area contributed by atoms with Crippen LogP contribution in [0, 0.1) is 5.82 Å². The van der Waals surface area contributed by atoms with Gasteiger partial charge in [0.25, 0.3) is 0 Å². The van der Waals surface area contributed by atoms with Gasteiger partial charge in [-0.05, 0) is 11.6 Å². The number of thioether (sulfide) groups is 1. The number of carbonyl (C=O) groups excluding carboxylic acids is 1. The van der Waals surface area contributed by atoms with Gasteiger partial charge in [-0.25, -0.2) is 19.0 Å². The molecule has 0 amide bonds. The summed E-state index contributed by atoms with van der Waals surface area (Å²) in [6, 6.07) is 15.9. The fraction of sp³-hybridized carbons (Fsp3) is 0.150. The lowest BCUT2D eigenvalue weighted by molar-refractivity contribution is -0.141. The second kappa shape index (κ2) is 8.78. The summed E-state index contributed by atoms with van der Waals surface area (Å²) in [6.45, 7) is 0.418. The van der Waals surface area contributed by atoms with E-state index in [0.717, 1.165) is 5.56 Å². The Balaban J connectivity index is 1.42. The van der Waals surface area contributed by atoms with E-state index in [-0.39, 0.29) is 30.7 Å². The van der Waals surface area contributed by atoms with E-state index in [1.165, 1.54) is 28.8 Å². The predicted molar refractivity (Wildman–Crippen MR) is 106 cm³/mol. The molecule has 4 aromatic rings. The van der Waals surface area contributed by atoms with Crippen LogP contribution in [-0.2, 0) is 22.7 Å². The molecule has 0 saturated carbocycles. The lowest BCUT2D eigenvalue weighted by Gasteiger charge is -2.05. The number of hydrogen-bond acceptors (Lipinski definition) is 7. The van der Waals surface area contributed by atoms with E-state index in [2.05, 4.69) is 20.3 Å². The van der Waals surface area contributed by atoms with Crippen LogP contribution in [0.15, 0.2) is 66.0 Å². The van der Waals surface area contributed by atoms with Gasteiger partial charge in [-0.3, -0.25) is 4.79 Å². The first kappa shape index (κ1) is 19.0. The van der Waals surface area contributed by atoms with Crippen molar-refractivity contribution < 1.29 is 13.9 Å². The number of rotatable bonds is 7. The van der Waals surface area contributed by atoms with Crippen LogP contribution in [-0.4, -0.2) is 36.7 Å². The quantitative estimate of drug-likeness (QED) is 0.263. The standard InChI is InChI=1S/C20H16FN5O2S/c21-16-9-5-4-8-15(16)10-26-19-18(24-25-26)20(23-13-22-19)29-12-17(27)28-11-14-6-2-1-3-7-14/h1-9,13H,10-12H2. The molecular weight excluding hydrogens is 393 g/mol. The van der Waals surface area contributed by atoms with E-state index in [9.17, 15) is 9.18 Å². The minimum atomic E-state index is -0.357. The van der Waals surface area contributed by atoms with Crippen LogP contribution in [0.2, 0.25) is 0 Å². The van der Waals surface area contributed by atoms with Crippen LogP contribution in [0.25, 0.3) is 11.2 Å². The first-order valence-electron chi connectivity index (χ1n) is 8.80. The monoisotopic (exact) mass is 409 g/mol. The van der Waals surface area contributed by atoms with Crippen LogP contribution in [0.1, 0.15) is 11.1 Å². The average molecular weight is 409 g/mol. The Bertz CT molecular complexity index is 1140. The molecule has 9 heteroatoms. The highest BCUT2D eigenvalue weighted by Crippen LogP contribution is 2.23. The van der Waals surface area contributed by atoms with Crippen molar-refractivity contribution >= 4 is 28.9 Å². The Morgan fingerprint density at radius 1 is 1.07 bits per heavy atom. The van der Waals surface area contributed by atoms with E-state index in [1.54, 1.807) is 18.2 Å². The smallest absolute Gasteiger partial charge is 0.316 e. The average Bonchev–Trinajstić information content (AvgIpc) is 3.16. The normalized spacial score (nSPS) is 10.9. The third-order valence-corrected chi connectivity index (χ3v) is 5.07.